The van der Waals surface area contributed by atoms with Crippen LogP contribution in [0.2, 0.25) is 0 Å². The van der Waals surface area contributed by atoms with Crippen molar-refractivity contribution in [1.82, 2.24) is 5.32 Å². The Labute approximate surface area is 121 Å². The van der Waals surface area contributed by atoms with Crippen molar-refractivity contribution in [2.75, 3.05) is 33.5 Å². The molecule has 0 amide bonds. The molecule has 0 spiro atoms. The van der Waals surface area contributed by atoms with Gasteiger partial charge in [0.25, 0.3) is 0 Å². The first-order valence-electron chi connectivity index (χ1n) is 7.65. The number of hydrogen-bond donors (Lipinski definition) is 1. The molecule has 1 saturated heterocycles. The summed E-state index contributed by atoms with van der Waals surface area (Å²) in [4.78, 5) is 11.9. The summed E-state index contributed by atoms with van der Waals surface area (Å²) < 4.78 is 16.0. The summed E-state index contributed by atoms with van der Waals surface area (Å²) in [5.74, 6) is 0.406. The van der Waals surface area contributed by atoms with Crippen molar-refractivity contribution in [2.24, 2.45) is 5.92 Å². The Balaban J connectivity index is 1.69. The third kappa shape index (κ3) is 4.72. The fraction of sp³-hybridized carbons (Fsp3) is 0.933. The summed E-state index contributed by atoms with van der Waals surface area (Å²) in [5, 5.41) is 3.38. The van der Waals surface area contributed by atoms with Gasteiger partial charge in [-0.1, -0.05) is 0 Å². The molecule has 1 unspecified atom stereocenters. The zero-order chi connectivity index (χ0) is 14.4. The molecule has 1 saturated carbocycles. The second kappa shape index (κ2) is 7.38. The molecule has 2 fully saturated rings. The lowest BCUT2D eigenvalue weighted by Gasteiger charge is -2.28. The highest BCUT2D eigenvalue weighted by Crippen LogP contribution is 2.25. The van der Waals surface area contributed by atoms with E-state index >= 15 is 0 Å². The van der Waals surface area contributed by atoms with Crippen molar-refractivity contribution >= 4 is 5.97 Å². The first-order chi connectivity index (χ1) is 9.64. The van der Waals surface area contributed by atoms with Gasteiger partial charge in [0.05, 0.1) is 7.11 Å². The standard InChI is InChI=1S/C15H27NO4/c1-15(14(17)18-2,16-13-3-4-13)7-10-20-11-12-5-8-19-9-6-12/h12-13,16H,3-11H2,1-2H3. The van der Waals surface area contributed by atoms with Crippen LogP contribution in [0.5, 0.6) is 0 Å². The zero-order valence-electron chi connectivity index (χ0n) is 12.7. The molecule has 2 rings (SSSR count). The Morgan fingerprint density at radius 3 is 2.60 bits per heavy atom. The number of carbonyl (C=O) groups is 1. The predicted octanol–water partition coefficient (Wildman–Crippen LogP) is 1.50. The Kier molecular flexibility index (Phi) is 5.81. The summed E-state index contributed by atoms with van der Waals surface area (Å²) >= 11 is 0. The summed E-state index contributed by atoms with van der Waals surface area (Å²) in [6.45, 7) is 4.95. The smallest absolute Gasteiger partial charge is 0.325 e. The first-order valence-corrected chi connectivity index (χ1v) is 7.65. The predicted molar refractivity (Wildman–Crippen MR) is 75.6 cm³/mol. The number of carbonyl (C=O) groups excluding carboxylic acids is 1. The van der Waals surface area contributed by atoms with Gasteiger partial charge in [-0.3, -0.25) is 10.1 Å². The summed E-state index contributed by atoms with van der Waals surface area (Å²) in [7, 11) is 1.44. The molecule has 1 N–H and O–H groups in total. The molecule has 1 atom stereocenters. The Bertz CT molecular complexity index is 313. The van der Waals surface area contributed by atoms with Crippen LogP contribution in [0.3, 0.4) is 0 Å². The molecule has 116 valence electrons. The monoisotopic (exact) mass is 285 g/mol. The van der Waals surface area contributed by atoms with Crippen LogP contribution in [0.15, 0.2) is 0 Å². The second-order valence-electron chi connectivity index (χ2n) is 6.12. The molecule has 20 heavy (non-hydrogen) atoms. The maximum absolute atomic E-state index is 11.9. The Morgan fingerprint density at radius 1 is 1.30 bits per heavy atom. The highest BCUT2D eigenvalue weighted by molar-refractivity contribution is 5.80. The number of rotatable bonds is 8. The minimum Gasteiger partial charge on any atom is -0.468 e. The fourth-order valence-electron chi connectivity index (χ4n) is 2.58. The van der Waals surface area contributed by atoms with Gasteiger partial charge in [-0.05, 0) is 44.9 Å². The van der Waals surface area contributed by atoms with Crippen molar-refractivity contribution in [2.45, 2.75) is 50.6 Å². The third-order valence-electron chi connectivity index (χ3n) is 4.18. The van der Waals surface area contributed by atoms with E-state index < -0.39 is 5.54 Å². The molecule has 0 aromatic heterocycles. The van der Waals surface area contributed by atoms with Crippen LogP contribution in [-0.4, -0.2) is 51.1 Å². The average Bonchev–Trinajstić information content (AvgIpc) is 3.27. The van der Waals surface area contributed by atoms with Gasteiger partial charge >= 0.3 is 5.97 Å². The van der Waals surface area contributed by atoms with Crippen molar-refractivity contribution in [1.29, 1.82) is 0 Å². The van der Waals surface area contributed by atoms with E-state index in [1.54, 1.807) is 0 Å². The molecule has 5 heteroatoms. The normalized spacial score (nSPS) is 23.3. The van der Waals surface area contributed by atoms with E-state index in [0.717, 1.165) is 45.5 Å². The van der Waals surface area contributed by atoms with Gasteiger partial charge in [-0.2, -0.15) is 0 Å². The molecule has 0 aromatic carbocycles. The van der Waals surface area contributed by atoms with Gasteiger partial charge < -0.3 is 14.2 Å². The number of methoxy groups -OCH3 is 1. The molecule has 1 heterocycles. The van der Waals surface area contributed by atoms with Gasteiger partial charge in [-0.25, -0.2) is 0 Å². The average molecular weight is 285 g/mol. The van der Waals surface area contributed by atoms with Gasteiger partial charge in [0.2, 0.25) is 0 Å². The molecular formula is C15H27NO4. The Morgan fingerprint density at radius 2 is 2.00 bits per heavy atom. The topological polar surface area (TPSA) is 56.8 Å². The van der Waals surface area contributed by atoms with Crippen molar-refractivity contribution in [3.63, 3.8) is 0 Å². The van der Waals surface area contributed by atoms with E-state index in [1.807, 2.05) is 6.92 Å². The van der Waals surface area contributed by atoms with E-state index in [4.69, 9.17) is 14.2 Å². The van der Waals surface area contributed by atoms with Crippen LogP contribution < -0.4 is 5.32 Å². The molecule has 2 aliphatic rings. The lowest BCUT2D eigenvalue weighted by atomic mass is 9.98. The number of nitrogens with one attached hydrogen (secondary N) is 1. The summed E-state index contributed by atoms with van der Waals surface area (Å²) in [6, 6.07) is 0.467. The van der Waals surface area contributed by atoms with Crippen LogP contribution in [0.25, 0.3) is 0 Å². The molecular weight excluding hydrogens is 258 g/mol. The number of hydrogen-bond acceptors (Lipinski definition) is 5. The third-order valence-corrected chi connectivity index (χ3v) is 4.18. The van der Waals surface area contributed by atoms with Gasteiger partial charge in [0.15, 0.2) is 0 Å². The summed E-state index contributed by atoms with van der Waals surface area (Å²) in [6.07, 6.45) is 5.10. The van der Waals surface area contributed by atoms with E-state index in [2.05, 4.69) is 5.32 Å². The first kappa shape index (κ1) is 15.7. The molecule has 5 nitrogen and oxygen atoms in total. The maximum atomic E-state index is 11.9. The van der Waals surface area contributed by atoms with Gasteiger partial charge in [0, 0.05) is 32.5 Å². The summed E-state index contributed by atoms with van der Waals surface area (Å²) in [5.41, 5.74) is -0.619. The minimum atomic E-state index is -0.619. The van der Waals surface area contributed by atoms with Crippen LogP contribution in [-0.2, 0) is 19.0 Å². The molecule has 0 aromatic rings. The van der Waals surface area contributed by atoms with E-state index in [-0.39, 0.29) is 5.97 Å². The number of esters is 1. The fourth-order valence-corrected chi connectivity index (χ4v) is 2.58. The van der Waals surface area contributed by atoms with Crippen LogP contribution in [0, 0.1) is 5.92 Å². The lowest BCUT2D eigenvalue weighted by molar-refractivity contribution is -0.149. The van der Waals surface area contributed by atoms with Crippen molar-refractivity contribution in [3.8, 4) is 0 Å². The highest BCUT2D eigenvalue weighted by atomic mass is 16.5. The van der Waals surface area contributed by atoms with Crippen LogP contribution in [0.4, 0.5) is 0 Å². The number of ether oxygens (including phenoxy) is 3. The second-order valence-corrected chi connectivity index (χ2v) is 6.12. The van der Waals surface area contributed by atoms with Crippen LogP contribution in [0.1, 0.15) is 39.0 Å². The minimum absolute atomic E-state index is 0.195. The van der Waals surface area contributed by atoms with Gasteiger partial charge in [0.1, 0.15) is 5.54 Å². The molecule has 1 aliphatic heterocycles. The van der Waals surface area contributed by atoms with Crippen molar-refractivity contribution in [3.05, 3.63) is 0 Å². The SMILES string of the molecule is COC(=O)C(C)(CCOCC1CCOCC1)NC1CC1. The molecule has 0 bridgehead atoms. The van der Waals surface area contributed by atoms with Gasteiger partial charge in [-0.15, -0.1) is 0 Å². The quantitative estimate of drug-likeness (QED) is 0.541. The lowest BCUT2D eigenvalue weighted by Crippen LogP contribution is -2.52. The maximum Gasteiger partial charge on any atom is 0.325 e. The van der Waals surface area contributed by atoms with E-state index in [1.165, 1.54) is 7.11 Å². The van der Waals surface area contributed by atoms with Crippen molar-refractivity contribution < 1.29 is 19.0 Å². The Hall–Kier alpha value is -0.650. The highest BCUT2D eigenvalue weighted by Gasteiger charge is 2.39. The van der Waals surface area contributed by atoms with E-state index in [0.29, 0.717) is 25.0 Å². The van der Waals surface area contributed by atoms with E-state index in [9.17, 15) is 4.79 Å². The van der Waals surface area contributed by atoms with Crippen LogP contribution >= 0.6 is 0 Å². The molecule has 0 radical (unpaired) electrons. The largest absolute Gasteiger partial charge is 0.468 e. The zero-order valence-corrected chi connectivity index (χ0v) is 12.7. The molecule has 1 aliphatic carbocycles.